The Bertz CT molecular complexity index is 382. The molecule has 4 nitrogen and oxygen atoms in total. The van der Waals surface area contributed by atoms with Gasteiger partial charge in [-0.25, -0.2) is 15.2 Å². The number of rotatable bonds is 2. The third kappa shape index (κ3) is 3.23. The molecule has 1 heterocycles. The van der Waals surface area contributed by atoms with E-state index in [1.54, 1.807) is 6.07 Å². The van der Waals surface area contributed by atoms with Crippen LogP contribution in [0.25, 0.3) is 0 Å². The van der Waals surface area contributed by atoms with Crippen LogP contribution >= 0.6 is 0 Å². The number of hydrogen-bond acceptors (Lipinski definition) is 3. The van der Waals surface area contributed by atoms with E-state index in [0.29, 0.717) is 17.6 Å². The van der Waals surface area contributed by atoms with Gasteiger partial charge < -0.3 is 5.43 Å². The van der Waals surface area contributed by atoms with Gasteiger partial charge in [-0.1, -0.05) is 19.3 Å². The summed E-state index contributed by atoms with van der Waals surface area (Å²) in [5.41, 5.74) is 3.13. The second kappa shape index (κ2) is 5.72. The molecule has 3 N–H and O–H groups in total. The number of hydrogen-bond donors (Lipinski definition) is 2. The molecule has 0 atom stereocenters. The second-order valence-corrected chi connectivity index (χ2v) is 4.28. The molecule has 17 heavy (non-hydrogen) atoms. The Morgan fingerprint density at radius 1 is 1.35 bits per heavy atom. The van der Waals surface area contributed by atoms with Crippen molar-refractivity contribution in [3.05, 3.63) is 29.8 Å². The smallest absolute Gasteiger partial charge is 0.161 e. The van der Waals surface area contributed by atoms with E-state index in [2.05, 4.69) is 15.4 Å². The van der Waals surface area contributed by atoms with E-state index in [1.165, 1.54) is 31.5 Å². The van der Waals surface area contributed by atoms with Gasteiger partial charge in [0, 0.05) is 0 Å². The monoisotopic (exact) mass is 236 g/mol. The van der Waals surface area contributed by atoms with Gasteiger partial charge in [0.25, 0.3) is 0 Å². The molecule has 0 radical (unpaired) electrons. The summed E-state index contributed by atoms with van der Waals surface area (Å²) in [6.45, 7) is 0. The molecule has 1 fully saturated rings. The van der Waals surface area contributed by atoms with Crippen LogP contribution in [0.4, 0.5) is 4.39 Å². The Balaban J connectivity index is 2.14. The van der Waals surface area contributed by atoms with Gasteiger partial charge >= 0.3 is 0 Å². The van der Waals surface area contributed by atoms with E-state index < -0.39 is 0 Å². The first kappa shape index (κ1) is 12.0. The Morgan fingerprint density at radius 3 is 2.71 bits per heavy atom. The highest BCUT2D eigenvalue weighted by Crippen LogP contribution is 2.20. The maximum atomic E-state index is 12.8. The Hall–Kier alpha value is -1.49. The lowest BCUT2D eigenvalue weighted by molar-refractivity contribution is 0.442. The molecule has 1 aromatic heterocycles. The van der Waals surface area contributed by atoms with Gasteiger partial charge in [-0.2, -0.15) is 0 Å². The van der Waals surface area contributed by atoms with Crippen LogP contribution in [0.2, 0.25) is 0 Å². The lowest BCUT2D eigenvalue weighted by Gasteiger charge is -2.18. The topological polar surface area (TPSA) is 63.3 Å². The highest BCUT2D eigenvalue weighted by Gasteiger charge is 2.14. The fraction of sp³-hybridized carbons (Fsp3) is 0.500. The van der Waals surface area contributed by atoms with E-state index in [4.69, 9.17) is 5.84 Å². The molecular formula is C12H17FN4. The molecule has 1 aliphatic rings. The molecule has 2 rings (SSSR count). The van der Waals surface area contributed by atoms with E-state index in [0.717, 1.165) is 12.8 Å². The number of nitrogens with zero attached hydrogens (tertiary/aromatic N) is 2. The second-order valence-electron chi connectivity index (χ2n) is 4.28. The zero-order valence-electron chi connectivity index (χ0n) is 9.69. The maximum Gasteiger partial charge on any atom is 0.161 e. The molecule has 5 heteroatoms. The highest BCUT2D eigenvalue weighted by atomic mass is 19.1. The van der Waals surface area contributed by atoms with Crippen molar-refractivity contribution in [1.29, 1.82) is 0 Å². The Labute approximate surface area is 100 Å². The molecule has 0 amide bonds. The van der Waals surface area contributed by atoms with Crippen molar-refractivity contribution in [3.63, 3.8) is 0 Å². The number of aliphatic imine (C=N–C) groups is 1. The average molecular weight is 236 g/mol. The molecular weight excluding hydrogens is 219 g/mol. The van der Waals surface area contributed by atoms with Crippen molar-refractivity contribution >= 4 is 5.84 Å². The van der Waals surface area contributed by atoms with Crippen LogP contribution in [0.1, 0.15) is 37.8 Å². The number of hydrazine groups is 1. The fourth-order valence-electron chi connectivity index (χ4n) is 2.09. The molecule has 0 unspecified atom stereocenters. The minimum Gasteiger partial charge on any atom is -0.307 e. The third-order valence-corrected chi connectivity index (χ3v) is 2.99. The SMILES string of the molecule is NNC(=NC1CCCCC1)c1ccc(F)cn1. The number of pyridine rings is 1. The minimum atomic E-state index is -0.359. The summed E-state index contributed by atoms with van der Waals surface area (Å²) in [6.07, 6.45) is 7.06. The summed E-state index contributed by atoms with van der Waals surface area (Å²) in [7, 11) is 0. The van der Waals surface area contributed by atoms with Gasteiger partial charge in [-0.15, -0.1) is 0 Å². The van der Waals surface area contributed by atoms with Crippen molar-refractivity contribution in [2.45, 2.75) is 38.1 Å². The maximum absolute atomic E-state index is 12.8. The van der Waals surface area contributed by atoms with Crippen molar-refractivity contribution in [2.24, 2.45) is 10.8 Å². The number of halogens is 1. The summed E-state index contributed by atoms with van der Waals surface area (Å²) in [6, 6.07) is 3.24. The van der Waals surface area contributed by atoms with E-state index in [9.17, 15) is 4.39 Å². The first-order valence-corrected chi connectivity index (χ1v) is 5.96. The lowest BCUT2D eigenvalue weighted by Crippen LogP contribution is -2.33. The van der Waals surface area contributed by atoms with Gasteiger partial charge in [-0.05, 0) is 25.0 Å². The summed E-state index contributed by atoms with van der Waals surface area (Å²) >= 11 is 0. The van der Waals surface area contributed by atoms with Crippen LogP contribution in [-0.2, 0) is 0 Å². The van der Waals surface area contributed by atoms with E-state index in [1.807, 2.05) is 0 Å². The largest absolute Gasteiger partial charge is 0.307 e. The van der Waals surface area contributed by atoms with Gasteiger partial charge in [0.1, 0.15) is 11.5 Å². The first-order chi connectivity index (χ1) is 8.29. The number of nitrogens with one attached hydrogen (secondary N) is 1. The van der Waals surface area contributed by atoms with Crippen molar-refractivity contribution < 1.29 is 4.39 Å². The van der Waals surface area contributed by atoms with Crippen LogP contribution < -0.4 is 11.3 Å². The van der Waals surface area contributed by atoms with Crippen LogP contribution in [0.5, 0.6) is 0 Å². The number of aromatic nitrogens is 1. The van der Waals surface area contributed by atoms with Crippen LogP contribution in [0.15, 0.2) is 23.3 Å². The fourth-order valence-corrected chi connectivity index (χ4v) is 2.09. The molecule has 1 aliphatic carbocycles. The number of amidine groups is 1. The molecule has 1 saturated carbocycles. The summed E-state index contributed by atoms with van der Waals surface area (Å²) in [5, 5.41) is 0. The van der Waals surface area contributed by atoms with E-state index >= 15 is 0 Å². The van der Waals surface area contributed by atoms with Crippen LogP contribution in [-0.4, -0.2) is 16.9 Å². The van der Waals surface area contributed by atoms with E-state index in [-0.39, 0.29) is 5.82 Å². The van der Waals surface area contributed by atoms with Gasteiger partial charge in [-0.3, -0.25) is 4.99 Å². The average Bonchev–Trinajstić information content (AvgIpc) is 2.38. The van der Waals surface area contributed by atoms with Gasteiger partial charge in [0.05, 0.1) is 12.2 Å². The predicted molar refractivity (Wildman–Crippen MR) is 64.9 cm³/mol. The van der Waals surface area contributed by atoms with Crippen LogP contribution in [0, 0.1) is 5.82 Å². The van der Waals surface area contributed by atoms with Gasteiger partial charge in [0.2, 0.25) is 0 Å². The predicted octanol–water partition coefficient (Wildman–Crippen LogP) is 1.76. The molecule has 0 bridgehead atoms. The third-order valence-electron chi connectivity index (χ3n) is 2.99. The van der Waals surface area contributed by atoms with Crippen molar-refractivity contribution in [1.82, 2.24) is 10.4 Å². The Morgan fingerprint density at radius 2 is 2.12 bits per heavy atom. The van der Waals surface area contributed by atoms with Gasteiger partial charge in [0.15, 0.2) is 5.84 Å². The quantitative estimate of drug-likeness (QED) is 0.356. The van der Waals surface area contributed by atoms with Crippen LogP contribution in [0.3, 0.4) is 0 Å². The molecule has 0 aliphatic heterocycles. The lowest BCUT2D eigenvalue weighted by atomic mass is 9.96. The molecule has 92 valence electrons. The summed E-state index contributed by atoms with van der Waals surface area (Å²) in [4.78, 5) is 8.52. The summed E-state index contributed by atoms with van der Waals surface area (Å²) < 4.78 is 12.8. The van der Waals surface area contributed by atoms with Crippen molar-refractivity contribution in [2.75, 3.05) is 0 Å². The Kier molecular flexibility index (Phi) is 4.03. The highest BCUT2D eigenvalue weighted by molar-refractivity contribution is 5.96. The normalized spacial score (nSPS) is 18.1. The summed E-state index contributed by atoms with van der Waals surface area (Å²) in [5.74, 6) is 5.63. The zero-order valence-corrected chi connectivity index (χ0v) is 9.69. The minimum absolute atomic E-state index is 0.307. The molecule has 0 spiro atoms. The molecule has 0 aromatic carbocycles. The number of nitrogens with two attached hydrogens (primary N) is 1. The zero-order chi connectivity index (χ0) is 12.1. The van der Waals surface area contributed by atoms with Crippen molar-refractivity contribution in [3.8, 4) is 0 Å². The standard InChI is InChI=1S/C12H17FN4/c13-9-6-7-11(15-8-9)12(17-14)16-10-4-2-1-3-5-10/h6-8,10H,1-5,14H2,(H,16,17). The molecule has 1 aromatic rings. The molecule has 0 saturated heterocycles. The first-order valence-electron chi connectivity index (χ1n) is 5.96.